The van der Waals surface area contributed by atoms with Crippen molar-refractivity contribution in [1.29, 1.82) is 0 Å². The van der Waals surface area contributed by atoms with Crippen LogP contribution in [0.4, 0.5) is 0 Å². The summed E-state index contributed by atoms with van der Waals surface area (Å²) in [6.07, 6.45) is 0. The molecule has 3 nitrogen and oxygen atoms in total. The van der Waals surface area contributed by atoms with Gasteiger partial charge in [0.1, 0.15) is 0 Å². The van der Waals surface area contributed by atoms with E-state index in [1.165, 1.54) is 5.56 Å². The topological polar surface area (TPSA) is 43.7 Å². The van der Waals surface area contributed by atoms with Crippen LogP contribution in [0.25, 0.3) is 0 Å². The molecule has 0 radical (unpaired) electrons. The second kappa shape index (κ2) is 9.14. The lowest BCUT2D eigenvalue weighted by Crippen LogP contribution is -2.38. The highest BCUT2D eigenvalue weighted by Gasteiger charge is 2.20. The number of hydrogen-bond acceptors (Lipinski definition) is 3. The summed E-state index contributed by atoms with van der Waals surface area (Å²) in [7, 11) is -0.750. The third kappa shape index (κ3) is 5.67. The largest absolute Gasteiger partial charge is 0.432 e. The average Bonchev–Trinajstić information content (AvgIpc) is 2.30. The lowest BCUT2D eigenvalue weighted by atomic mass is 10.0. The van der Waals surface area contributed by atoms with Crippen molar-refractivity contribution in [3.63, 3.8) is 0 Å². The summed E-state index contributed by atoms with van der Waals surface area (Å²) < 4.78 is 0. The van der Waals surface area contributed by atoms with Gasteiger partial charge in [0.2, 0.25) is 0 Å². The van der Waals surface area contributed by atoms with Gasteiger partial charge in [-0.05, 0) is 40.2 Å². The highest BCUT2D eigenvalue weighted by Crippen LogP contribution is 2.24. The molecule has 0 spiro atoms. The van der Waals surface area contributed by atoms with Crippen molar-refractivity contribution in [1.82, 2.24) is 4.90 Å². The molecule has 102 valence electrons. The molecular formula is C14H26BNO2. The van der Waals surface area contributed by atoms with E-state index in [1.807, 2.05) is 0 Å². The Kier molecular flexibility index (Phi) is 8.72. The summed E-state index contributed by atoms with van der Waals surface area (Å²) in [6.45, 7) is 11.3. The van der Waals surface area contributed by atoms with Crippen LogP contribution in [0.5, 0.6) is 0 Å². The van der Waals surface area contributed by atoms with E-state index in [4.69, 9.17) is 10.0 Å². The van der Waals surface area contributed by atoms with Crippen LogP contribution < -0.4 is 0 Å². The van der Waals surface area contributed by atoms with Gasteiger partial charge in [-0.25, -0.2) is 0 Å². The molecule has 0 fully saturated rings. The van der Waals surface area contributed by atoms with E-state index in [0.29, 0.717) is 18.1 Å². The normalized spacial score (nSPS) is 12.3. The summed E-state index contributed by atoms with van der Waals surface area (Å²) in [4.78, 5) is 2.54. The SMILES string of the molecule is CC(C)N(C(C)C)C(C)c1ccccc1.OBO. The molecule has 0 amide bonds. The van der Waals surface area contributed by atoms with E-state index in [9.17, 15) is 0 Å². The lowest BCUT2D eigenvalue weighted by molar-refractivity contribution is 0.123. The van der Waals surface area contributed by atoms with Crippen molar-refractivity contribution in [3.8, 4) is 0 Å². The van der Waals surface area contributed by atoms with Crippen LogP contribution in [0.3, 0.4) is 0 Å². The van der Waals surface area contributed by atoms with Crippen LogP contribution in [0.15, 0.2) is 30.3 Å². The summed E-state index contributed by atoms with van der Waals surface area (Å²) in [5, 5.41) is 14.2. The van der Waals surface area contributed by atoms with E-state index in [2.05, 4.69) is 69.9 Å². The molecule has 0 aliphatic rings. The predicted octanol–water partition coefficient (Wildman–Crippen LogP) is 2.10. The second-order valence-corrected chi connectivity index (χ2v) is 4.86. The zero-order chi connectivity index (χ0) is 14.1. The fourth-order valence-corrected chi connectivity index (χ4v) is 2.39. The second-order valence-electron chi connectivity index (χ2n) is 4.86. The van der Waals surface area contributed by atoms with Crippen LogP contribution in [-0.2, 0) is 0 Å². The van der Waals surface area contributed by atoms with Crippen LogP contribution in [-0.4, -0.2) is 34.7 Å². The Labute approximate surface area is 112 Å². The zero-order valence-corrected chi connectivity index (χ0v) is 12.2. The fraction of sp³-hybridized carbons (Fsp3) is 0.571. The molecule has 2 N–H and O–H groups in total. The van der Waals surface area contributed by atoms with Gasteiger partial charge in [0.15, 0.2) is 0 Å². The number of rotatable bonds is 4. The molecule has 0 aromatic heterocycles. The minimum absolute atomic E-state index is 0.492. The van der Waals surface area contributed by atoms with Gasteiger partial charge in [0.25, 0.3) is 0 Å². The molecule has 1 aromatic rings. The lowest BCUT2D eigenvalue weighted by Gasteiger charge is -2.36. The van der Waals surface area contributed by atoms with Crippen molar-refractivity contribution in [2.24, 2.45) is 0 Å². The highest BCUT2D eigenvalue weighted by atomic mass is 16.4. The van der Waals surface area contributed by atoms with Gasteiger partial charge in [0, 0.05) is 18.1 Å². The first-order chi connectivity index (χ1) is 8.45. The van der Waals surface area contributed by atoms with E-state index in [1.54, 1.807) is 0 Å². The molecule has 0 bridgehead atoms. The average molecular weight is 251 g/mol. The van der Waals surface area contributed by atoms with Gasteiger partial charge in [-0.2, -0.15) is 0 Å². The molecular weight excluding hydrogens is 225 g/mol. The quantitative estimate of drug-likeness (QED) is 0.805. The molecule has 0 aliphatic carbocycles. The first-order valence-corrected chi connectivity index (χ1v) is 6.49. The van der Waals surface area contributed by atoms with Crippen LogP contribution >= 0.6 is 0 Å². The zero-order valence-electron chi connectivity index (χ0n) is 12.2. The third-order valence-corrected chi connectivity index (χ3v) is 2.92. The summed E-state index contributed by atoms with van der Waals surface area (Å²) in [5.74, 6) is 0. The van der Waals surface area contributed by atoms with Crippen LogP contribution in [0, 0.1) is 0 Å². The molecule has 1 atom stereocenters. The van der Waals surface area contributed by atoms with Crippen molar-refractivity contribution in [2.75, 3.05) is 0 Å². The van der Waals surface area contributed by atoms with Gasteiger partial charge in [0.05, 0.1) is 0 Å². The molecule has 1 unspecified atom stereocenters. The maximum atomic E-state index is 7.12. The fourth-order valence-electron chi connectivity index (χ4n) is 2.39. The monoisotopic (exact) mass is 251 g/mol. The first kappa shape index (κ1) is 17.2. The van der Waals surface area contributed by atoms with Gasteiger partial charge in [-0.15, -0.1) is 0 Å². The summed E-state index contributed by atoms with van der Waals surface area (Å²) >= 11 is 0. The smallest absolute Gasteiger partial charge is 0.430 e. The Balaban J connectivity index is 0.000000873. The van der Waals surface area contributed by atoms with Gasteiger partial charge in [-0.1, -0.05) is 30.3 Å². The minimum atomic E-state index is -0.750. The molecule has 0 heterocycles. The van der Waals surface area contributed by atoms with E-state index in [0.717, 1.165) is 0 Å². The number of nitrogens with zero attached hydrogens (tertiary/aromatic N) is 1. The third-order valence-electron chi connectivity index (χ3n) is 2.92. The molecule has 0 aliphatic heterocycles. The van der Waals surface area contributed by atoms with Crippen molar-refractivity contribution in [3.05, 3.63) is 35.9 Å². The highest BCUT2D eigenvalue weighted by molar-refractivity contribution is 6.13. The molecule has 4 heteroatoms. The van der Waals surface area contributed by atoms with Gasteiger partial charge >= 0.3 is 7.69 Å². The van der Waals surface area contributed by atoms with Crippen LogP contribution in [0.2, 0.25) is 0 Å². The van der Waals surface area contributed by atoms with Crippen molar-refractivity contribution < 1.29 is 10.0 Å². The Hall–Kier alpha value is -0.835. The molecule has 0 saturated heterocycles. The maximum absolute atomic E-state index is 7.12. The summed E-state index contributed by atoms with van der Waals surface area (Å²) in [6, 6.07) is 12.4. The Bertz CT molecular complexity index is 296. The van der Waals surface area contributed by atoms with Crippen LogP contribution in [0.1, 0.15) is 46.2 Å². The number of benzene rings is 1. The van der Waals surface area contributed by atoms with E-state index < -0.39 is 7.69 Å². The van der Waals surface area contributed by atoms with E-state index in [-0.39, 0.29) is 0 Å². The number of hydrogen-bond donors (Lipinski definition) is 2. The predicted molar refractivity (Wildman–Crippen MR) is 78.6 cm³/mol. The molecule has 1 aromatic carbocycles. The van der Waals surface area contributed by atoms with Gasteiger partial charge in [-0.3, -0.25) is 4.90 Å². The maximum Gasteiger partial charge on any atom is 0.432 e. The summed E-state index contributed by atoms with van der Waals surface area (Å²) in [5.41, 5.74) is 1.40. The first-order valence-electron chi connectivity index (χ1n) is 6.49. The molecule has 0 saturated carbocycles. The molecule has 18 heavy (non-hydrogen) atoms. The minimum Gasteiger partial charge on any atom is -0.430 e. The molecule has 1 rings (SSSR count). The van der Waals surface area contributed by atoms with Crippen molar-refractivity contribution in [2.45, 2.75) is 52.7 Å². The van der Waals surface area contributed by atoms with Gasteiger partial charge < -0.3 is 10.0 Å². The standard InChI is InChI=1S/C14H23N.BH3O2/c1-11(2)15(12(3)4)13(5)14-9-7-6-8-10-14;2-1-3/h6-13H,1-5H3;1-3H. The van der Waals surface area contributed by atoms with Crippen molar-refractivity contribution >= 4 is 7.69 Å². The Morgan fingerprint density at radius 2 is 1.28 bits per heavy atom. The van der Waals surface area contributed by atoms with E-state index >= 15 is 0 Å². The Morgan fingerprint density at radius 3 is 1.61 bits per heavy atom. The Morgan fingerprint density at radius 1 is 0.889 bits per heavy atom.